The number of nitrogens with one attached hydrogen (secondary N) is 3. The van der Waals surface area contributed by atoms with Gasteiger partial charge in [-0.2, -0.15) is 5.10 Å². The number of hydrogen-bond acceptors (Lipinski definition) is 5. The van der Waals surface area contributed by atoms with Gasteiger partial charge in [0.25, 0.3) is 0 Å². The monoisotopic (exact) mass is 344 g/mol. The maximum atomic E-state index is 4.64. The molecule has 1 aliphatic heterocycles. The van der Waals surface area contributed by atoms with E-state index < -0.39 is 0 Å². The summed E-state index contributed by atoms with van der Waals surface area (Å²) in [5, 5.41) is 11.4. The smallest absolute Gasteiger partial charge is 0.181 e. The fraction of sp³-hybridized carbons (Fsp3) is 0.111. The summed E-state index contributed by atoms with van der Waals surface area (Å²) in [5.74, 6) is 2.44. The van der Waals surface area contributed by atoms with Gasteiger partial charge in [0.05, 0.1) is 23.0 Å². The SMILES string of the molecule is Cc1ncc(-c2cnc3n[nH]c(-c4nc5c([nH]4)C=CC=CN5)c3c2)n1C. The molecule has 8 heteroatoms. The molecule has 4 aromatic rings. The van der Waals surface area contributed by atoms with Crippen LogP contribution in [0.25, 0.3) is 39.9 Å². The molecule has 0 radical (unpaired) electrons. The molecule has 4 aromatic heterocycles. The lowest BCUT2D eigenvalue weighted by Gasteiger charge is -2.03. The summed E-state index contributed by atoms with van der Waals surface area (Å²) in [6.45, 7) is 1.98. The number of fused-ring (bicyclic) bond motifs is 2. The lowest BCUT2D eigenvalue weighted by molar-refractivity contribution is 0.865. The molecular weight excluding hydrogens is 328 g/mol. The van der Waals surface area contributed by atoms with Crippen LogP contribution in [0.1, 0.15) is 11.5 Å². The number of aryl methyl sites for hydroxylation is 1. The lowest BCUT2D eigenvalue weighted by Crippen LogP contribution is -1.94. The average molecular weight is 344 g/mol. The highest BCUT2D eigenvalue weighted by Gasteiger charge is 2.17. The maximum absolute atomic E-state index is 4.64. The Hall–Kier alpha value is -3.68. The molecule has 0 saturated heterocycles. The molecule has 0 atom stereocenters. The average Bonchev–Trinajstić information content (AvgIpc) is 3.29. The zero-order valence-corrected chi connectivity index (χ0v) is 14.3. The van der Waals surface area contributed by atoms with E-state index in [-0.39, 0.29) is 0 Å². The van der Waals surface area contributed by atoms with Gasteiger partial charge >= 0.3 is 0 Å². The number of pyridine rings is 1. The topological polar surface area (TPSA) is 100 Å². The van der Waals surface area contributed by atoms with E-state index in [0.717, 1.165) is 39.7 Å². The van der Waals surface area contributed by atoms with Crippen LogP contribution >= 0.6 is 0 Å². The predicted octanol–water partition coefficient (Wildman–Crippen LogP) is 3.01. The molecule has 0 bridgehead atoms. The molecule has 0 amide bonds. The Labute approximate surface area is 148 Å². The van der Waals surface area contributed by atoms with E-state index >= 15 is 0 Å². The maximum Gasteiger partial charge on any atom is 0.181 e. The minimum atomic E-state index is 0.651. The van der Waals surface area contributed by atoms with Crippen molar-refractivity contribution in [2.24, 2.45) is 7.05 Å². The normalized spacial score (nSPS) is 13.0. The first-order valence-corrected chi connectivity index (χ1v) is 8.23. The zero-order valence-electron chi connectivity index (χ0n) is 14.3. The minimum absolute atomic E-state index is 0.651. The Bertz CT molecular complexity index is 1190. The molecule has 0 spiro atoms. The standard InChI is InChI=1S/C18H16N8/c1-10-20-9-14(26(10)2)11-7-12-15(24-25-16(12)21-8-11)18-22-13-5-3-4-6-19-17(13)23-18/h3-9,19H,1-2H3,(H,22,23)(H,21,24,25). The molecule has 0 unspecified atom stereocenters. The Kier molecular flexibility index (Phi) is 3.05. The molecule has 1 aliphatic rings. The molecular formula is C18H16N8. The number of rotatable bonds is 2. The van der Waals surface area contributed by atoms with Crippen molar-refractivity contribution < 1.29 is 0 Å². The number of hydrogen-bond donors (Lipinski definition) is 3. The lowest BCUT2D eigenvalue weighted by atomic mass is 10.1. The van der Waals surface area contributed by atoms with Gasteiger partial charge in [-0.3, -0.25) is 5.10 Å². The van der Waals surface area contributed by atoms with Crippen molar-refractivity contribution in [3.63, 3.8) is 0 Å². The van der Waals surface area contributed by atoms with Gasteiger partial charge in [-0.15, -0.1) is 0 Å². The summed E-state index contributed by atoms with van der Waals surface area (Å²) < 4.78 is 2.04. The highest BCUT2D eigenvalue weighted by Crippen LogP contribution is 2.30. The van der Waals surface area contributed by atoms with Crippen molar-refractivity contribution in [3.8, 4) is 22.8 Å². The molecule has 0 saturated carbocycles. The van der Waals surface area contributed by atoms with Crippen molar-refractivity contribution in [1.29, 1.82) is 0 Å². The van der Waals surface area contributed by atoms with Crippen LogP contribution in [0.2, 0.25) is 0 Å². The van der Waals surface area contributed by atoms with E-state index in [1.165, 1.54) is 0 Å². The fourth-order valence-corrected chi connectivity index (χ4v) is 3.06. The van der Waals surface area contributed by atoms with Gasteiger partial charge in [0.2, 0.25) is 0 Å². The Balaban J connectivity index is 1.65. The molecule has 5 heterocycles. The van der Waals surface area contributed by atoms with Crippen LogP contribution in [0, 0.1) is 6.92 Å². The summed E-state index contributed by atoms with van der Waals surface area (Å²) in [6, 6.07) is 2.06. The molecule has 0 aliphatic carbocycles. The van der Waals surface area contributed by atoms with Gasteiger partial charge in [-0.1, -0.05) is 6.08 Å². The molecule has 128 valence electrons. The minimum Gasteiger partial charge on any atom is -0.345 e. The van der Waals surface area contributed by atoms with Crippen molar-refractivity contribution in [2.75, 3.05) is 5.32 Å². The van der Waals surface area contributed by atoms with E-state index in [0.29, 0.717) is 11.5 Å². The van der Waals surface area contributed by atoms with Crippen LogP contribution in [0.5, 0.6) is 0 Å². The summed E-state index contributed by atoms with van der Waals surface area (Å²) in [4.78, 5) is 16.8. The van der Waals surface area contributed by atoms with Gasteiger partial charge in [0.15, 0.2) is 17.3 Å². The fourth-order valence-electron chi connectivity index (χ4n) is 3.06. The van der Waals surface area contributed by atoms with Crippen LogP contribution in [-0.2, 0) is 7.05 Å². The number of anilines is 1. The number of aromatic amines is 2. The zero-order chi connectivity index (χ0) is 17.7. The van der Waals surface area contributed by atoms with Gasteiger partial charge in [0, 0.05) is 25.0 Å². The van der Waals surface area contributed by atoms with Crippen molar-refractivity contribution in [1.82, 2.24) is 34.7 Å². The van der Waals surface area contributed by atoms with Crippen LogP contribution < -0.4 is 5.32 Å². The molecule has 0 fully saturated rings. The van der Waals surface area contributed by atoms with E-state index in [9.17, 15) is 0 Å². The van der Waals surface area contributed by atoms with Crippen molar-refractivity contribution in [3.05, 3.63) is 48.3 Å². The second-order valence-corrected chi connectivity index (χ2v) is 6.15. The van der Waals surface area contributed by atoms with Crippen molar-refractivity contribution >= 4 is 22.9 Å². The second kappa shape index (κ2) is 5.41. The van der Waals surface area contributed by atoms with Crippen LogP contribution in [0.3, 0.4) is 0 Å². The molecule has 5 rings (SSSR count). The highest BCUT2D eigenvalue weighted by molar-refractivity contribution is 5.92. The van der Waals surface area contributed by atoms with Gasteiger partial charge in [-0.25, -0.2) is 15.0 Å². The van der Waals surface area contributed by atoms with Crippen LogP contribution in [-0.4, -0.2) is 34.7 Å². The summed E-state index contributed by atoms with van der Waals surface area (Å²) >= 11 is 0. The van der Waals surface area contributed by atoms with Gasteiger partial charge in [-0.05, 0) is 25.1 Å². The number of allylic oxidation sites excluding steroid dienone is 2. The molecule has 8 nitrogen and oxygen atoms in total. The largest absolute Gasteiger partial charge is 0.345 e. The Morgan fingerprint density at radius 3 is 2.88 bits per heavy atom. The van der Waals surface area contributed by atoms with E-state index in [1.807, 2.05) is 55.4 Å². The number of imidazole rings is 2. The summed E-state index contributed by atoms with van der Waals surface area (Å²) in [5.41, 5.74) is 4.36. The quantitative estimate of drug-likeness (QED) is 0.519. The highest BCUT2D eigenvalue weighted by atomic mass is 15.2. The first-order chi connectivity index (χ1) is 12.7. The van der Waals surface area contributed by atoms with E-state index in [1.54, 1.807) is 0 Å². The number of nitrogens with zero attached hydrogens (tertiary/aromatic N) is 5. The third-order valence-electron chi connectivity index (χ3n) is 4.58. The number of H-pyrrole nitrogens is 2. The second-order valence-electron chi connectivity index (χ2n) is 6.15. The Morgan fingerprint density at radius 1 is 1.12 bits per heavy atom. The first kappa shape index (κ1) is 14.6. The van der Waals surface area contributed by atoms with E-state index in [2.05, 4.69) is 41.5 Å². The predicted molar refractivity (Wildman–Crippen MR) is 100 cm³/mol. The van der Waals surface area contributed by atoms with Gasteiger partial charge in [0.1, 0.15) is 11.5 Å². The third-order valence-corrected chi connectivity index (χ3v) is 4.58. The molecule has 0 aromatic carbocycles. The molecule has 3 N–H and O–H groups in total. The van der Waals surface area contributed by atoms with E-state index in [4.69, 9.17) is 0 Å². The first-order valence-electron chi connectivity index (χ1n) is 8.23. The van der Waals surface area contributed by atoms with Crippen molar-refractivity contribution in [2.45, 2.75) is 6.92 Å². The molecule has 26 heavy (non-hydrogen) atoms. The summed E-state index contributed by atoms with van der Waals surface area (Å²) in [6.07, 6.45) is 11.4. The van der Waals surface area contributed by atoms with Crippen LogP contribution in [0.4, 0.5) is 5.82 Å². The summed E-state index contributed by atoms with van der Waals surface area (Å²) in [7, 11) is 1.99. The Morgan fingerprint density at radius 2 is 2.04 bits per heavy atom. The van der Waals surface area contributed by atoms with Crippen LogP contribution in [0.15, 0.2) is 36.8 Å². The third kappa shape index (κ3) is 2.16. The van der Waals surface area contributed by atoms with Gasteiger partial charge < -0.3 is 14.9 Å². The number of aromatic nitrogens is 7.